The molecule has 0 bridgehead atoms. The number of carbonyl (C=O) groups is 4. The number of carboxylic acids is 2. The number of esters is 2. The quantitative estimate of drug-likeness (QED) is 0.593. The average molecular weight is 310 g/mol. The zero-order chi connectivity index (χ0) is 16.0. The summed E-state index contributed by atoms with van der Waals surface area (Å²) in [4.78, 5) is 40.7. The maximum Gasteiger partial charge on any atom is 0.306 e. The van der Waals surface area contributed by atoms with Gasteiger partial charge in [-0.3, -0.25) is 19.2 Å². The maximum atomic E-state index is 10.5. The molecule has 0 saturated carbocycles. The van der Waals surface area contributed by atoms with E-state index < -0.39 is 23.9 Å². The molecule has 4 N–H and O–H groups in total. The zero-order valence-electron chi connectivity index (χ0n) is 12.1. The van der Waals surface area contributed by atoms with Crippen LogP contribution in [0, 0.1) is 0 Å². The molecule has 0 aliphatic carbocycles. The van der Waals surface area contributed by atoms with E-state index in [0.29, 0.717) is 13.2 Å². The Hall–Kier alpha value is -2.16. The van der Waals surface area contributed by atoms with Crippen molar-refractivity contribution in [3.05, 3.63) is 0 Å². The molecule has 0 aromatic heterocycles. The van der Waals surface area contributed by atoms with Gasteiger partial charge < -0.3 is 25.2 Å². The minimum absolute atomic E-state index is 0. The summed E-state index contributed by atoms with van der Waals surface area (Å²) >= 11 is 0. The molecule has 0 saturated heterocycles. The van der Waals surface area contributed by atoms with Gasteiger partial charge in [-0.05, 0) is 13.8 Å². The molecule has 0 radical (unpaired) electrons. The summed E-state index contributed by atoms with van der Waals surface area (Å²) < 4.78 is 8.98. The Kier molecular flexibility index (Phi) is 18.1. The third-order valence-corrected chi connectivity index (χ3v) is 1.70. The summed E-state index contributed by atoms with van der Waals surface area (Å²) in [7, 11) is 0. The van der Waals surface area contributed by atoms with Gasteiger partial charge in [-0.2, -0.15) is 0 Å². The van der Waals surface area contributed by atoms with Gasteiger partial charge in [-0.25, -0.2) is 0 Å². The van der Waals surface area contributed by atoms with Gasteiger partial charge in [0.2, 0.25) is 0 Å². The largest absolute Gasteiger partial charge is 0.481 e. The summed E-state index contributed by atoms with van der Waals surface area (Å²) in [5.41, 5.74) is 0. The lowest BCUT2D eigenvalue weighted by molar-refractivity contribution is -0.147. The first-order chi connectivity index (χ1) is 9.33. The molecule has 0 amide bonds. The highest BCUT2D eigenvalue weighted by atomic mass is 16.5. The number of carbonyl (C=O) groups excluding carboxylic acids is 2. The van der Waals surface area contributed by atoms with Crippen LogP contribution in [0.3, 0.4) is 0 Å². The zero-order valence-corrected chi connectivity index (χ0v) is 12.1. The van der Waals surface area contributed by atoms with Crippen molar-refractivity contribution in [3.8, 4) is 0 Å². The maximum absolute atomic E-state index is 10.5. The van der Waals surface area contributed by atoms with Gasteiger partial charge in [0.15, 0.2) is 0 Å². The van der Waals surface area contributed by atoms with Crippen LogP contribution in [0.15, 0.2) is 0 Å². The fourth-order valence-corrected chi connectivity index (χ4v) is 0.884. The molecule has 124 valence electrons. The van der Waals surface area contributed by atoms with Gasteiger partial charge in [0.1, 0.15) is 0 Å². The third kappa shape index (κ3) is 23.4. The molecule has 9 nitrogen and oxygen atoms in total. The fourth-order valence-electron chi connectivity index (χ4n) is 0.884. The lowest BCUT2D eigenvalue weighted by Crippen LogP contribution is -2.06. The summed E-state index contributed by atoms with van der Waals surface area (Å²) in [6.45, 7) is 3.97. The van der Waals surface area contributed by atoms with Crippen LogP contribution in [0.5, 0.6) is 0 Å². The second-order valence-corrected chi connectivity index (χ2v) is 3.40. The van der Waals surface area contributed by atoms with Crippen molar-refractivity contribution in [2.75, 3.05) is 13.2 Å². The highest BCUT2D eigenvalue weighted by Crippen LogP contribution is 1.92. The van der Waals surface area contributed by atoms with Crippen LogP contribution in [0.25, 0.3) is 0 Å². The van der Waals surface area contributed by atoms with Crippen LogP contribution >= 0.6 is 0 Å². The summed E-state index contributed by atoms with van der Waals surface area (Å²) in [6, 6.07) is 0. The molecule has 0 unspecified atom stereocenters. The van der Waals surface area contributed by atoms with Gasteiger partial charge in [0.25, 0.3) is 0 Å². The molecule has 0 spiro atoms. The Balaban J connectivity index is -0.000000295. The second-order valence-electron chi connectivity index (χ2n) is 3.40. The molecule has 0 aromatic carbocycles. The molecule has 0 rings (SSSR count). The van der Waals surface area contributed by atoms with Crippen molar-refractivity contribution in [2.24, 2.45) is 0 Å². The molecule has 0 aliphatic heterocycles. The second kappa shape index (κ2) is 15.9. The average Bonchev–Trinajstić information content (AvgIpc) is 2.35. The molecule has 21 heavy (non-hydrogen) atoms. The van der Waals surface area contributed by atoms with Gasteiger partial charge in [0.05, 0.1) is 38.9 Å². The first-order valence-corrected chi connectivity index (χ1v) is 6.08. The van der Waals surface area contributed by atoms with Crippen molar-refractivity contribution in [1.29, 1.82) is 0 Å². The minimum atomic E-state index is -0.979. The number of aliphatic carboxylic acids is 2. The van der Waals surface area contributed by atoms with Crippen LogP contribution < -0.4 is 0 Å². The summed E-state index contributed by atoms with van der Waals surface area (Å²) in [5.74, 6) is -2.86. The molecule has 0 aromatic rings. The monoisotopic (exact) mass is 310 g/mol. The molecular formula is C12H22O9. The van der Waals surface area contributed by atoms with E-state index in [4.69, 9.17) is 10.2 Å². The predicted molar refractivity (Wildman–Crippen MR) is 70.6 cm³/mol. The number of carboxylic acid groups (broad SMARTS) is 2. The number of hydrogen-bond donors (Lipinski definition) is 2. The van der Waals surface area contributed by atoms with E-state index in [9.17, 15) is 19.2 Å². The Morgan fingerprint density at radius 1 is 0.714 bits per heavy atom. The number of hydrogen-bond acceptors (Lipinski definition) is 6. The molecule has 0 atom stereocenters. The highest BCUT2D eigenvalue weighted by Gasteiger charge is 2.04. The molecule has 0 fully saturated rings. The Bertz CT molecular complexity index is 293. The third-order valence-electron chi connectivity index (χ3n) is 1.70. The molecule has 9 heteroatoms. The Morgan fingerprint density at radius 3 is 1.19 bits per heavy atom. The molecule has 0 heterocycles. The van der Waals surface area contributed by atoms with E-state index in [-0.39, 0.29) is 31.2 Å². The van der Waals surface area contributed by atoms with Gasteiger partial charge in [0, 0.05) is 0 Å². The SMILES string of the molecule is CCOC(=O)CCC(=O)O.CCOC(=O)CCC(=O)O.O. The molecular weight excluding hydrogens is 288 g/mol. The van der Waals surface area contributed by atoms with Crippen molar-refractivity contribution < 1.29 is 44.3 Å². The minimum Gasteiger partial charge on any atom is -0.481 e. The van der Waals surface area contributed by atoms with E-state index in [2.05, 4.69) is 9.47 Å². The number of ether oxygens (including phenoxy) is 2. The van der Waals surface area contributed by atoms with Crippen molar-refractivity contribution >= 4 is 23.9 Å². The van der Waals surface area contributed by atoms with E-state index >= 15 is 0 Å². The Labute approximate surface area is 122 Å². The number of rotatable bonds is 8. The van der Waals surface area contributed by atoms with E-state index in [1.165, 1.54) is 0 Å². The van der Waals surface area contributed by atoms with Gasteiger partial charge in [-0.15, -0.1) is 0 Å². The predicted octanol–water partition coefficient (Wildman–Crippen LogP) is 0.00390. The lowest BCUT2D eigenvalue weighted by atomic mass is 10.3. The standard InChI is InChI=1S/2C6H10O4.H2O/c2*1-2-10-6(9)4-3-5(7)8;/h2*2-4H2,1H3,(H,7,8);1H2. The van der Waals surface area contributed by atoms with Crippen molar-refractivity contribution in [2.45, 2.75) is 39.5 Å². The summed E-state index contributed by atoms with van der Waals surface area (Å²) in [6.07, 6.45) is -0.385. The molecule has 0 aliphatic rings. The summed E-state index contributed by atoms with van der Waals surface area (Å²) in [5, 5.41) is 16.2. The van der Waals surface area contributed by atoms with Crippen LogP contribution in [0.1, 0.15) is 39.5 Å². The van der Waals surface area contributed by atoms with E-state index in [1.807, 2.05) is 0 Å². The first-order valence-electron chi connectivity index (χ1n) is 6.08. The van der Waals surface area contributed by atoms with Crippen molar-refractivity contribution in [1.82, 2.24) is 0 Å². The van der Waals surface area contributed by atoms with Crippen LogP contribution in [0.4, 0.5) is 0 Å². The van der Waals surface area contributed by atoms with Crippen LogP contribution in [0.2, 0.25) is 0 Å². The first kappa shape index (κ1) is 23.9. The van der Waals surface area contributed by atoms with Crippen LogP contribution in [-0.4, -0.2) is 52.8 Å². The van der Waals surface area contributed by atoms with Gasteiger partial charge in [-0.1, -0.05) is 0 Å². The van der Waals surface area contributed by atoms with Crippen LogP contribution in [-0.2, 0) is 28.7 Å². The van der Waals surface area contributed by atoms with E-state index in [1.54, 1.807) is 13.8 Å². The highest BCUT2D eigenvalue weighted by molar-refractivity contribution is 5.76. The normalized spacial score (nSPS) is 8.48. The van der Waals surface area contributed by atoms with E-state index in [0.717, 1.165) is 0 Å². The topological polar surface area (TPSA) is 159 Å². The smallest absolute Gasteiger partial charge is 0.306 e. The van der Waals surface area contributed by atoms with Crippen molar-refractivity contribution in [3.63, 3.8) is 0 Å². The Morgan fingerprint density at radius 2 is 1.00 bits per heavy atom. The van der Waals surface area contributed by atoms with Gasteiger partial charge >= 0.3 is 23.9 Å². The fraction of sp³-hybridized carbons (Fsp3) is 0.667. The lowest BCUT2D eigenvalue weighted by Gasteiger charge is -1.97.